The average Bonchev–Trinajstić information content (AvgIpc) is 3.30. The second kappa shape index (κ2) is 9.01. The molecule has 0 aliphatic heterocycles. The van der Waals surface area contributed by atoms with Gasteiger partial charge >= 0.3 is 0 Å². The van der Waals surface area contributed by atoms with E-state index in [1.54, 1.807) is 47.7 Å². The third-order valence-corrected chi connectivity index (χ3v) is 5.17. The van der Waals surface area contributed by atoms with Crippen LogP contribution in [0, 0.1) is 0 Å². The molecule has 4 aromatic rings. The van der Waals surface area contributed by atoms with Crippen molar-refractivity contribution >= 4 is 22.5 Å². The molecule has 1 N–H and O–H groups in total. The molecular formula is C23H24N4O4. The Morgan fingerprint density at radius 2 is 1.84 bits per heavy atom. The second-order valence-electron chi connectivity index (χ2n) is 7.17. The minimum absolute atomic E-state index is 0.168. The summed E-state index contributed by atoms with van der Waals surface area (Å²) in [5, 5.41) is 7.18. The highest BCUT2D eigenvalue weighted by Gasteiger charge is 2.15. The highest BCUT2D eigenvalue weighted by atomic mass is 16.5. The average molecular weight is 420 g/mol. The van der Waals surface area contributed by atoms with Crippen LogP contribution in [0.2, 0.25) is 0 Å². The van der Waals surface area contributed by atoms with E-state index in [1.807, 2.05) is 30.3 Å². The van der Waals surface area contributed by atoms with Gasteiger partial charge in [0.2, 0.25) is 0 Å². The molecule has 0 aliphatic carbocycles. The number of hydrogen-bond acceptors (Lipinski definition) is 5. The van der Waals surface area contributed by atoms with Crippen LogP contribution < -0.4 is 15.6 Å². The Bertz CT molecular complexity index is 1270. The number of amides is 1. The van der Waals surface area contributed by atoms with Crippen molar-refractivity contribution in [2.75, 3.05) is 27.4 Å². The van der Waals surface area contributed by atoms with E-state index in [1.165, 1.54) is 0 Å². The molecule has 0 radical (unpaired) electrons. The summed E-state index contributed by atoms with van der Waals surface area (Å²) < 4.78 is 13.5. The fourth-order valence-corrected chi connectivity index (χ4v) is 3.56. The lowest BCUT2D eigenvalue weighted by Crippen LogP contribution is -2.26. The van der Waals surface area contributed by atoms with Gasteiger partial charge in [-0.1, -0.05) is 12.1 Å². The smallest absolute Gasteiger partial charge is 0.277 e. The zero-order valence-corrected chi connectivity index (χ0v) is 17.5. The first kappa shape index (κ1) is 20.6. The Morgan fingerprint density at radius 1 is 1.03 bits per heavy atom. The van der Waals surface area contributed by atoms with Crippen LogP contribution in [0.25, 0.3) is 16.6 Å². The highest BCUT2D eigenvalue weighted by Crippen LogP contribution is 2.19. The number of ether oxygens (including phenoxy) is 2. The van der Waals surface area contributed by atoms with Crippen LogP contribution in [0.4, 0.5) is 0 Å². The number of hydrogen-bond donors (Lipinski definition) is 1. The quantitative estimate of drug-likeness (QED) is 0.443. The zero-order chi connectivity index (χ0) is 21.8. The van der Waals surface area contributed by atoms with Gasteiger partial charge in [-0.2, -0.15) is 5.10 Å². The molecule has 0 spiro atoms. The van der Waals surface area contributed by atoms with Gasteiger partial charge in [-0.25, -0.2) is 4.52 Å². The van der Waals surface area contributed by atoms with Gasteiger partial charge in [0.05, 0.1) is 30.9 Å². The third kappa shape index (κ3) is 4.15. The minimum atomic E-state index is -0.193. The topological polar surface area (TPSA) is 86.9 Å². The molecule has 2 aromatic carbocycles. The molecule has 1 amide bonds. The van der Waals surface area contributed by atoms with Crippen LogP contribution in [-0.4, -0.2) is 47.5 Å². The van der Waals surface area contributed by atoms with Crippen LogP contribution >= 0.6 is 0 Å². The summed E-state index contributed by atoms with van der Waals surface area (Å²) in [4.78, 5) is 25.8. The van der Waals surface area contributed by atoms with Crippen LogP contribution in [0.3, 0.4) is 0 Å². The summed E-state index contributed by atoms with van der Waals surface area (Å²) in [5.41, 5.74) is 3.14. The number of carbonyl (C=O) groups excluding carboxylic acids is 1. The van der Waals surface area contributed by atoms with E-state index < -0.39 is 0 Å². The first-order valence-electron chi connectivity index (χ1n) is 10.0. The lowest BCUT2D eigenvalue weighted by molar-refractivity contribution is 0.0948. The molecule has 8 heteroatoms. The number of carbonyl (C=O) groups is 1. The van der Waals surface area contributed by atoms with Crippen molar-refractivity contribution in [1.82, 2.24) is 19.5 Å². The molecule has 2 heterocycles. The molecule has 0 saturated heterocycles. The summed E-state index contributed by atoms with van der Waals surface area (Å²) in [6.45, 7) is 1.46. The Balaban J connectivity index is 1.76. The van der Waals surface area contributed by atoms with Gasteiger partial charge in [0, 0.05) is 25.8 Å². The number of nitrogens with one attached hydrogen (secondary N) is 1. The molecule has 4 rings (SSSR count). The van der Waals surface area contributed by atoms with Gasteiger partial charge in [0.25, 0.3) is 11.5 Å². The molecule has 160 valence electrons. The number of fused-ring (bicyclic) bond motifs is 3. The molecule has 8 nitrogen and oxygen atoms in total. The highest BCUT2D eigenvalue weighted by molar-refractivity contribution is 5.97. The van der Waals surface area contributed by atoms with Gasteiger partial charge in [-0.15, -0.1) is 0 Å². The number of nitrogens with zero attached hydrogens (tertiary/aromatic N) is 3. The summed E-state index contributed by atoms with van der Waals surface area (Å²) in [7, 11) is 3.24. The zero-order valence-electron chi connectivity index (χ0n) is 17.5. The van der Waals surface area contributed by atoms with Gasteiger partial charge in [-0.05, 0) is 48.4 Å². The predicted octanol–water partition coefficient (Wildman–Crippen LogP) is 2.47. The predicted molar refractivity (Wildman–Crippen MR) is 118 cm³/mol. The molecule has 2 aromatic heterocycles. The Labute approximate surface area is 179 Å². The maximum atomic E-state index is 13.2. The van der Waals surface area contributed by atoms with E-state index in [-0.39, 0.29) is 11.5 Å². The lowest BCUT2D eigenvalue weighted by atomic mass is 10.1. The number of benzene rings is 2. The van der Waals surface area contributed by atoms with E-state index in [0.717, 1.165) is 23.3 Å². The number of rotatable bonds is 8. The van der Waals surface area contributed by atoms with Crippen LogP contribution in [0.1, 0.15) is 22.3 Å². The monoisotopic (exact) mass is 420 g/mol. The molecule has 0 aliphatic rings. The largest absolute Gasteiger partial charge is 0.497 e. The first-order chi connectivity index (χ1) is 15.1. The van der Waals surface area contributed by atoms with Crippen molar-refractivity contribution in [2.24, 2.45) is 0 Å². The van der Waals surface area contributed by atoms with Gasteiger partial charge in [0.15, 0.2) is 0 Å². The summed E-state index contributed by atoms with van der Waals surface area (Å²) >= 11 is 0. The molecular weight excluding hydrogens is 396 g/mol. The van der Waals surface area contributed by atoms with Gasteiger partial charge < -0.3 is 19.4 Å². The van der Waals surface area contributed by atoms with E-state index in [4.69, 9.17) is 9.47 Å². The lowest BCUT2D eigenvalue weighted by Gasteiger charge is -2.14. The summed E-state index contributed by atoms with van der Waals surface area (Å²) in [6, 6.07) is 14.6. The van der Waals surface area contributed by atoms with Crippen molar-refractivity contribution in [1.29, 1.82) is 0 Å². The number of methoxy groups -OCH3 is 2. The molecule has 0 atom stereocenters. The van der Waals surface area contributed by atoms with Crippen LogP contribution in [0.15, 0.2) is 59.5 Å². The standard InChI is InChI=1S/C23H24N4O4/c1-30-13-3-11-24-22(28)17-6-9-19-21(14-17)26(23(29)20-10-12-25-27(19)20)15-16-4-7-18(31-2)8-5-16/h4-10,12,14H,3,11,13,15H2,1-2H3,(H,24,28). The molecule has 0 fully saturated rings. The molecule has 0 saturated carbocycles. The van der Waals surface area contributed by atoms with Crippen molar-refractivity contribution < 1.29 is 14.3 Å². The van der Waals surface area contributed by atoms with Crippen molar-refractivity contribution in [3.05, 3.63) is 76.2 Å². The second-order valence-corrected chi connectivity index (χ2v) is 7.17. The fraction of sp³-hybridized carbons (Fsp3) is 0.261. The third-order valence-electron chi connectivity index (χ3n) is 5.17. The summed E-state index contributed by atoms with van der Waals surface area (Å²) in [5.74, 6) is 0.557. The molecule has 31 heavy (non-hydrogen) atoms. The van der Waals surface area contributed by atoms with Gasteiger partial charge in [0.1, 0.15) is 11.3 Å². The van der Waals surface area contributed by atoms with Crippen molar-refractivity contribution in [2.45, 2.75) is 13.0 Å². The number of aromatic nitrogens is 3. The van der Waals surface area contributed by atoms with E-state index in [0.29, 0.717) is 36.3 Å². The maximum Gasteiger partial charge on any atom is 0.277 e. The van der Waals surface area contributed by atoms with Crippen LogP contribution in [0.5, 0.6) is 5.75 Å². The van der Waals surface area contributed by atoms with E-state index in [2.05, 4.69) is 10.4 Å². The Hall–Kier alpha value is -3.65. The Kier molecular flexibility index (Phi) is 5.99. The summed E-state index contributed by atoms with van der Waals surface area (Å²) in [6.07, 6.45) is 2.33. The van der Waals surface area contributed by atoms with Crippen LogP contribution in [-0.2, 0) is 11.3 Å². The molecule has 0 bridgehead atoms. The van der Waals surface area contributed by atoms with E-state index in [9.17, 15) is 9.59 Å². The van der Waals surface area contributed by atoms with Crippen molar-refractivity contribution in [3.8, 4) is 5.75 Å². The minimum Gasteiger partial charge on any atom is -0.497 e. The SMILES string of the molecule is COCCCNC(=O)c1ccc2c(c1)n(Cc1ccc(OC)cc1)c(=O)c1ccnn12. The Morgan fingerprint density at radius 3 is 2.58 bits per heavy atom. The normalized spacial score (nSPS) is 11.2. The van der Waals surface area contributed by atoms with Crippen molar-refractivity contribution in [3.63, 3.8) is 0 Å². The molecule has 0 unspecified atom stereocenters. The van der Waals surface area contributed by atoms with E-state index >= 15 is 0 Å². The fourth-order valence-electron chi connectivity index (χ4n) is 3.56. The first-order valence-corrected chi connectivity index (χ1v) is 10.0. The van der Waals surface area contributed by atoms with Gasteiger partial charge in [-0.3, -0.25) is 9.59 Å². The maximum absolute atomic E-state index is 13.2.